The summed E-state index contributed by atoms with van der Waals surface area (Å²) in [5, 5.41) is 51.9. The first kappa shape index (κ1) is 77.8. The quantitative estimate of drug-likeness (QED) is 0.101. The normalized spacial score (nSPS) is 15.4. The minimum Gasteiger partial charge on any atom is -0.548 e. The Balaban J connectivity index is 0.000000183. The van der Waals surface area contributed by atoms with Crippen molar-refractivity contribution in [1.82, 2.24) is 19.6 Å². The zero-order valence-electron chi connectivity index (χ0n) is 54.4. The van der Waals surface area contributed by atoms with Gasteiger partial charge in [-0.25, -0.2) is 0 Å². The summed E-state index contributed by atoms with van der Waals surface area (Å²) < 4.78 is 3.07. The van der Waals surface area contributed by atoms with E-state index in [0.717, 1.165) is 59.0 Å². The Hall–Kier alpha value is -7.59. The summed E-state index contributed by atoms with van der Waals surface area (Å²) in [6.07, 6.45) is 0. The molecular weight excluding hydrogens is 1700 g/mol. The Morgan fingerprint density at radius 1 is 0.276 bits per heavy atom. The molecule has 0 bridgehead atoms. The van der Waals surface area contributed by atoms with Crippen LogP contribution in [-0.2, 0) is 58.1 Å². The Morgan fingerprint density at radius 2 is 0.418 bits per heavy atom. The fraction of sp³-hybridized carbons (Fsp3) is 0.278. The molecule has 8 amide bonds. The first-order valence-electron chi connectivity index (χ1n) is 29.8. The van der Waals surface area contributed by atoms with Gasteiger partial charge in [-0.1, -0.05) is 195 Å². The van der Waals surface area contributed by atoms with Gasteiger partial charge in [-0.2, -0.15) is 0 Å². The van der Waals surface area contributed by atoms with E-state index in [1.165, 1.54) is 0 Å². The Bertz CT molecular complexity index is 4110. The number of carbonyl (C=O) groups excluding carboxylic acids is 12. The van der Waals surface area contributed by atoms with Crippen molar-refractivity contribution < 1.29 is 117 Å². The van der Waals surface area contributed by atoms with Crippen molar-refractivity contribution >= 4 is 178 Å². The van der Waals surface area contributed by atoms with Crippen LogP contribution >= 0.6 is 63.7 Å². The van der Waals surface area contributed by atoms with Gasteiger partial charge in [0.1, 0.15) is 0 Å². The Kier molecular flexibility index (Phi) is 22.7. The molecule has 4 aliphatic rings. The van der Waals surface area contributed by atoms with Crippen molar-refractivity contribution in [3.05, 3.63) is 184 Å². The molecule has 8 aromatic carbocycles. The van der Waals surface area contributed by atoms with E-state index in [9.17, 15) is 78.0 Å². The minimum atomic E-state index is -1.45. The summed E-state index contributed by atoms with van der Waals surface area (Å²) in [4.78, 5) is 153. The molecule has 26 heteroatoms. The molecule has 0 aromatic heterocycles. The van der Waals surface area contributed by atoms with E-state index in [-0.39, 0.29) is 39.0 Å². The molecule has 4 atom stereocenters. The van der Waals surface area contributed by atoms with Crippen LogP contribution in [0, 0.1) is 21.7 Å². The number of amides is 8. The number of halogens is 4. The third-order valence-electron chi connectivity index (χ3n) is 16.8. The number of rotatable bonds is 8. The van der Waals surface area contributed by atoms with E-state index in [0.29, 0.717) is 66.1 Å². The smallest absolute Gasteiger partial charge is 0.548 e. The van der Waals surface area contributed by atoms with Crippen LogP contribution in [0.15, 0.2) is 139 Å². The number of nitrogens with zero attached hydrogens (tertiary/aromatic N) is 4. The van der Waals surface area contributed by atoms with Crippen LogP contribution in [0.2, 0.25) is 0 Å². The number of hydrogen-bond acceptors (Lipinski definition) is 16. The van der Waals surface area contributed by atoms with E-state index in [2.05, 4.69) is 63.7 Å². The van der Waals surface area contributed by atoms with Crippen LogP contribution in [0.4, 0.5) is 0 Å². The van der Waals surface area contributed by atoms with E-state index in [1.807, 2.05) is 24.3 Å². The summed E-state index contributed by atoms with van der Waals surface area (Å²) in [6, 6.07) is 28.4. The van der Waals surface area contributed by atoms with Crippen molar-refractivity contribution in [1.29, 1.82) is 0 Å². The predicted octanol–water partition coefficient (Wildman–Crippen LogP) is 9.45. The molecule has 0 fully saturated rings. The molecule has 510 valence electrons. The van der Waals surface area contributed by atoms with E-state index < -0.39 is 117 Å². The van der Waals surface area contributed by atoms with Gasteiger partial charge in [0.05, 0.1) is 48.0 Å². The summed E-state index contributed by atoms with van der Waals surface area (Å²) in [6.45, 7) is 19.9. The van der Waals surface area contributed by atoms with Crippen LogP contribution < -0.4 is 20.4 Å². The number of hydrogen-bond donors (Lipinski definition) is 0. The maximum Gasteiger partial charge on any atom is 2.00 e. The van der Waals surface area contributed by atoms with E-state index in [4.69, 9.17) is 0 Å². The number of benzene rings is 8. The zero-order chi connectivity index (χ0) is 71.2. The van der Waals surface area contributed by atoms with Gasteiger partial charge >= 0.3 is 39.0 Å². The van der Waals surface area contributed by atoms with Crippen LogP contribution in [0.3, 0.4) is 0 Å². The molecule has 4 aliphatic heterocycles. The second kappa shape index (κ2) is 28.6. The van der Waals surface area contributed by atoms with Gasteiger partial charge in [0.15, 0.2) is 0 Å². The molecule has 2 radical (unpaired) electrons. The van der Waals surface area contributed by atoms with E-state index in [1.54, 1.807) is 180 Å². The molecule has 4 heterocycles. The largest absolute Gasteiger partial charge is 2.00 e. The van der Waals surface area contributed by atoms with Gasteiger partial charge in [-0.05, 0) is 116 Å². The SMILES string of the molecule is CC(C)(C)[C@@H](C(=O)[O-])N1C(=O)c2cccc3c(Br)ccc(c23)C1=O.CC(C)(C)[C@@H](C(=O)[O-])N1C(=O)c2cccc3c(Br)ccc(c23)C1=O.CC(C)(C)[C@@H](C(=O)[O-])N1C(=O)c2cccc3c(Br)ccc(c23)C1=O.CC(C)(C)[C@@H](C(=O)[O-])N1C(=O)c2cccc3c(Br)ccc(c23)C1=O.[Rh+2].[Rh+2]. The number of aliphatic carboxylic acids is 4. The third-order valence-corrected chi connectivity index (χ3v) is 19.5. The van der Waals surface area contributed by atoms with Crippen LogP contribution in [0.25, 0.3) is 43.1 Å². The predicted molar refractivity (Wildman–Crippen MR) is 362 cm³/mol. The number of carboxylic acid groups (broad SMARTS) is 4. The molecule has 12 rings (SSSR count). The van der Waals surface area contributed by atoms with Gasteiger partial charge in [0.2, 0.25) is 0 Å². The zero-order valence-corrected chi connectivity index (χ0v) is 64.0. The molecule has 0 unspecified atom stereocenters. The Labute approximate surface area is 621 Å². The molecule has 98 heavy (non-hydrogen) atoms. The van der Waals surface area contributed by atoms with Crippen molar-refractivity contribution in [3.63, 3.8) is 0 Å². The fourth-order valence-electron chi connectivity index (χ4n) is 12.6. The second-order valence-corrected chi connectivity index (χ2v) is 31.0. The fourth-order valence-corrected chi connectivity index (χ4v) is 14.5. The first-order chi connectivity index (χ1) is 44.6. The average molecular weight is 1760 g/mol. The number of carboxylic acids is 4. The summed E-state index contributed by atoms with van der Waals surface area (Å²) in [5.74, 6) is -10.7. The molecule has 8 aromatic rings. The first-order valence-corrected chi connectivity index (χ1v) is 32.9. The number of carbonyl (C=O) groups is 12. The van der Waals surface area contributed by atoms with Gasteiger partial charge in [-0.15, -0.1) is 0 Å². The third kappa shape index (κ3) is 13.9. The van der Waals surface area contributed by atoms with Crippen LogP contribution in [0.5, 0.6) is 0 Å². The van der Waals surface area contributed by atoms with Gasteiger partial charge in [0, 0.05) is 83.9 Å². The average Bonchev–Trinajstić information content (AvgIpc) is 0.754. The summed E-state index contributed by atoms with van der Waals surface area (Å²) >= 11 is 13.7. The van der Waals surface area contributed by atoms with Crippen molar-refractivity contribution in [3.8, 4) is 0 Å². The molecule has 0 N–H and O–H groups in total. The molecule has 0 aliphatic carbocycles. The molecule has 0 saturated carbocycles. The summed E-state index contributed by atoms with van der Waals surface area (Å²) in [5.41, 5.74) is -0.878. The molecule has 20 nitrogen and oxygen atoms in total. The standard InChI is InChI=1S/4C18H16BrNO4.2Rh/c4*1-18(2,3)14(17(23)24)20-15(21)10-6-4-5-9-12(19)8-7-11(13(9)10)16(20)22;;/h4*4-8,14H,1-3H3,(H,23,24);;/q;;;;2*+2/p-4/t4*14-;;/m1111../s1. The van der Waals surface area contributed by atoms with Gasteiger partial charge < -0.3 is 39.6 Å². The minimum absolute atomic E-state index is 0. The topological polar surface area (TPSA) is 310 Å². The van der Waals surface area contributed by atoms with Crippen LogP contribution in [-0.4, -0.2) is 115 Å². The monoisotopic (exact) mass is 1760 g/mol. The Morgan fingerprint density at radius 3 is 0.551 bits per heavy atom. The maximum atomic E-state index is 12.9. The molecule has 0 spiro atoms. The maximum absolute atomic E-state index is 12.9. The van der Waals surface area contributed by atoms with Gasteiger partial charge in [-0.3, -0.25) is 58.0 Å². The van der Waals surface area contributed by atoms with Crippen molar-refractivity contribution in [2.45, 2.75) is 107 Å². The van der Waals surface area contributed by atoms with Crippen molar-refractivity contribution in [2.24, 2.45) is 21.7 Å². The van der Waals surface area contributed by atoms with E-state index >= 15 is 0 Å². The van der Waals surface area contributed by atoms with Gasteiger partial charge in [0.25, 0.3) is 47.3 Å². The number of imide groups is 4. The van der Waals surface area contributed by atoms with Crippen LogP contribution in [0.1, 0.15) is 166 Å². The summed E-state index contributed by atoms with van der Waals surface area (Å²) in [7, 11) is 0. The second-order valence-electron chi connectivity index (χ2n) is 27.6. The molecule has 0 saturated heterocycles. The molecular formula is C72H60Br4N4O16Rh2. The van der Waals surface area contributed by atoms with Crippen molar-refractivity contribution in [2.75, 3.05) is 0 Å².